The zero-order chi connectivity index (χ0) is 18.2. The molecule has 1 N–H and O–H groups in total. The quantitative estimate of drug-likeness (QED) is 0.739. The van der Waals surface area contributed by atoms with Crippen molar-refractivity contribution in [3.63, 3.8) is 0 Å². The highest BCUT2D eigenvalue weighted by Crippen LogP contribution is 2.34. The van der Waals surface area contributed by atoms with Crippen molar-refractivity contribution in [3.05, 3.63) is 56.6 Å². The van der Waals surface area contributed by atoms with Gasteiger partial charge < -0.3 is 9.72 Å². The molecule has 2 fully saturated rings. The number of H-pyrrole nitrogens is 1. The van der Waals surface area contributed by atoms with Gasteiger partial charge >= 0.3 is 5.69 Å². The summed E-state index contributed by atoms with van der Waals surface area (Å²) in [5.41, 5.74) is 1.99. The van der Waals surface area contributed by atoms with E-state index >= 15 is 0 Å². The van der Waals surface area contributed by atoms with Gasteiger partial charge in [0.05, 0.1) is 17.1 Å². The summed E-state index contributed by atoms with van der Waals surface area (Å²) in [6.45, 7) is 3.97. The number of nitrogens with one attached hydrogen (secondary N) is 1. The average Bonchev–Trinajstić information content (AvgIpc) is 3.41. The Balaban J connectivity index is 1.24. The highest BCUT2D eigenvalue weighted by molar-refractivity contribution is 7.12. The van der Waals surface area contributed by atoms with E-state index in [1.165, 1.54) is 16.2 Å². The van der Waals surface area contributed by atoms with Gasteiger partial charge in [-0.2, -0.15) is 0 Å². The van der Waals surface area contributed by atoms with Crippen LogP contribution < -0.4 is 5.69 Å². The Kier molecular flexibility index (Phi) is 4.63. The Bertz CT molecular complexity index is 975. The fraction of sp³-hybridized carbons (Fsp3) is 0.476. The molecule has 6 heteroatoms. The number of thiophene rings is 1. The van der Waals surface area contributed by atoms with E-state index < -0.39 is 0 Å². The van der Waals surface area contributed by atoms with Crippen LogP contribution in [0.25, 0.3) is 11.0 Å². The molecule has 1 aromatic carbocycles. The molecule has 1 atom stereocenters. The van der Waals surface area contributed by atoms with Crippen molar-refractivity contribution in [1.82, 2.24) is 14.5 Å². The number of piperidine rings is 1. The van der Waals surface area contributed by atoms with Crippen LogP contribution in [-0.2, 0) is 11.3 Å². The van der Waals surface area contributed by atoms with E-state index in [1.54, 1.807) is 0 Å². The second-order valence-corrected chi connectivity index (χ2v) is 8.83. The van der Waals surface area contributed by atoms with Gasteiger partial charge in [-0.25, -0.2) is 4.79 Å². The highest BCUT2D eigenvalue weighted by Gasteiger charge is 2.24. The molecular weight excluding hydrogens is 358 g/mol. The van der Waals surface area contributed by atoms with Crippen molar-refractivity contribution in [2.75, 3.05) is 19.7 Å². The number of aromatic nitrogens is 2. The van der Waals surface area contributed by atoms with Crippen LogP contribution in [0, 0.1) is 0 Å². The molecule has 2 aliphatic heterocycles. The summed E-state index contributed by atoms with van der Waals surface area (Å²) in [7, 11) is 0. The number of hydrogen-bond acceptors (Lipinski definition) is 4. The number of hydrogen-bond donors (Lipinski definition) is 1. The van der Waals surface area contributed by atoms with Crippen LogP contribution in [0.15, 0.2) is 41.2 Å². The van der Waals surface area contributed by atoms with Gasteiger partial charge in [-0.05, 0) is 49.9 Å². The van der Waals surface area contributed by atoms with E-state index in [9.17, 15) is 4.79 Å². The van der Waals surface area contributed by atoms with Crippen LogP contribution in [0.1, 0.15) is 47.6 Å². The first-order chi connectivity index (χ1) is 13.3. The monoisotopic (exact) mass is 383 g/mol. The largest absolute Gasteiger partial charge is 0.373 e. The van der Waals surface area contributed by atoms with Gasteiger partial charge in [0, 0.05) is 42.0 Å². The number of fused-ring (bicyclic) bond motifs is 1. The molecule has 5 nitrogen and oxygen atoms in total. The van der Waals surface area contributed by atoms with Crippen molar-refractivity contribution >= 4 is 22.4 Å². The Morgan fingerprint density at radius 1 is 1.11 bits per heavy atom. The summed E-state index contributed by atoms with van der Waals surface area (Å²) in [5.74, 6) is 0. The lowest BCUT2D eigenvalue weighted by Gasteiger charge is -2.32. The number of rotatable bonds is 4. The maximum Gasteiger partial charge on any atom is 0.326 e. The number of aromatic amines is 1. The minimum Gasteiger partial charge on any atom is -0.373 e. The fourth-order valence-electron chi connectivity index (χ4n) is 4.45. The third kappa shape index (κ3) is 3.37. The summed E-state index contributed by atoms with van der Waals surface area (Å²) < 4.78 is 7.77. The first kappa shape index (κ1) is 17.2. The van der Waals surface area contributed by atoms with Gasteiger partial charge in [-0.1, -0.05) is 12.1 Å². The number of ether oxygens (including phenoxy) is 1. The highest BCUT2D eigenvalue weighted by atomic mass is 32.1. The topological polar surface area (TPSA) is 50.3 Å². The van der Waals surface area contributed by atoms with Crippen molar-refractivity contribution < 1.29 is 4.74 Å². The Hall–Kier alpha value is -1.89. The molecule has 0 spiro atoms. The van der Waals surface area contributed by atoms with Crippen molar-refractivity contribution in [2.24, 2.45) is 0 Å². The lowest BCUT2D eigenvalue weighted by Crippen LogP contribution is -2.36. The van der Waals surface area contributed by atoms with Crippen LogP contribution in [0.2, 0.25) is 0 Å². The molecule has 2 aromatic heterocycles. The van der Waals surface area contributed by atoms with Gasteiger partial charge in [0.15, 0.2) is 0 Å². The number of para-hydroxylation sites is 2. The van der Waals surface area contributed by atoms with Crippen LogP contribution in [-0.4, -0.2) is 34.1 Å². The molecule has 3 aromatic rings. The molecule has 2 saturated heterocycles. The zero-order valence-corrected chi connectivity index (χ0v) is 16.2. The molecular formula is C21H25N3O2S. The summed E-state index contributed by atoms with van der Waals surface area (Å²) in [6, 6.07) is 12.8. The third-order valence-electron chi connectivity index (χ3n) is 5.86. The minimum atomic E-state index is 0.0223. The molecule has 27 heavy (non-hydrogen) atoms. The number of imidazole rings is 1. The lowest BCUT2D eigenvalue weighted by atomic mass is 10.0. The minimum absolute atomic E-state index is 0.0223. The van der Waals surface area contributed by atoms with E-state index in [1.807, 2.05) is 40.2 Å². The molecule has 0 radical (unpaired) electrons. The normalized spacial score (nSPS) is 22.0. The number of benzene rings is 1. The van der Waals surface area contributed by atoms with Crippen LogP contribution in [0.5, 0.6) is 0 Å². The summed E-state index contributed by atoms with van der Waals surface area (Å²) in [5, 5.41) is 0. The molecule has 0 aliphatic carbocycles. The Labute approximate surface area is 162 Å². The van der Waals surface area contributed by atoms with Gasteiger partial charge in [0.1, 0.15) is 0 Å². The molecule has 1 unspecified atom stereocenters. The average molecular weight is 384 g/mol. The maximum atomic E-state index is 12.4. The molecule has 4 heterocycles. The Morgan fingerprint density at radius 2 is 1.96 bits per heavy atom. The van der Waals surface area contributed by atoms with E-state index in [-0.39, 0.29) is 11.7 Å². The van der Waals surface area contributed by atoms with E-state index in [2.05, 4.69) is 22.0 Å². The maximum absolute atomic E-state index is 12.4. The Morgan fingerprint density at radius 3 is 2.78 bits per heavy atom. The SMILES string of the molecule is O=c1[nH]c2ccccc2n1C1CCN(Cc2ccc(C3CCCO3)s2)CC1. The van der Waals surface area contributed by atoms with Crippen LogP contribution >= 0.6 is 11.3 Å². The molecule has 5 rings (SSSR count). The lowest BCUT2D eigenvalue weighted by molar-refractivity contribution is 0.114. The van der Waals surface area contributed by atoms with Crippen molar-refractivity contribution in [1.29, 1.82) is 0 Å². The van der Waals surface area contributed by atoms with Gasteiger partial charge in [-0.3, -0.25) is 9.47 Å². The first-order valence-electron chi connectivity index (χ1n) is 9.90. The fourth-order valence-corrected chi connectivity index (χ4v) is 5.59. The molecule has 0 amide bonds. The van der Waals surface area contributed by atoms with Gasteiger partial charge in [-0.15, -0.1) is 11.3 Å². The van der Waals surface area contributed by atoms with Crippen LogP contribution in [0.3, 0.4) is 0 Å². The van der Waals surface area contributed by atoms with Crippen molar-refractivity contribution in [3.8, 4) is 0 Å². The van der Waals surface area contributed by atoms with E-state index in [0.29, 0.717) is 6.10 Å². The van der Waals surface area contributed by atoms with Crippen molar-refractivity contribution in [2.45, 2.75) is 44.4 Å². The van der Waals surface area contributed by atoms with E-state index in [4.69, 9.17) is 4.74 Å². The first-order valence-corrected chi connectivity index (χ1v) is 10.7. The molecule has 2 aliphatic rings. The predicted octanol–water partition coefficient (Wildman–Crippen LogP) is 4.08. The molecule has 0 bridgehead atoms. The van der Waals surface area contributed by atoms with E-state index in [0.717, 1.165) is 56.5 Å². The molecule has 142 valence electrons. The predicted molar refractivity (Wildman–Crippen MR) is 108 cm³/mol. The third-order valence-corrected chi connectivity index (χ3v) is 7.02. The summed E-state index contributed by atoms with van der Waals surface area (Å²) in [6.07, 6.45) is 4.70. The van der Waals surface area contributed by atoms with Gasteiger partial charge in [0.25, 0.3) is 0 Å². The second kappa shape index (κ2) is 7.26. The number of nitrogens with zero attached hydrogens (tertiary/aromatic N) is 2. The number of likely N-dealkylation sites (tertiary alicyclic amines) is 1. The van der Waals surface area contributed by atoms with Crippen LogP contribution in [0.4, 0.5) is 0 Å². The van der Waals surface area contributed by atoms with Gasteiger partial charge in [0.2, 0.25) is 0 Å². The summed E-state index contributed by atoms with van der Waals surface area (Å²) in [4.78, 5) is 20.7. The zero-order valence-electron chi connectivity index (χ0n) is 15.4. The standard InChI is InChI=1S/C21H25N3O2S/c25-21-22-17-4-1-2-5-18(17)24(21)15-9-11-23(12-10-15)14-16-7-8-20(27-16)19-6-3-13-26-19/h1-2,4-5,7-8,15,19H,3,6,9-14H2,(H,22,25). The molecule has 0 saturated carbocycles. The second-order valence-electron chi connectivity index (χ2n) is 7.63. The smallest absolute Gasteiger partial charge is 0.326 e. The summed E-state index contributed by atoms with van der Waals surface area (Å²) >= 11 is 1.90.